The molecule has 1 heterocycles. The number of fused-ring (bicyclic) bond motifs is 1. The monoisotopic (exact) mass is 523 g/mol. The van der Waals surface area contributed by atoms with E-state index in [2.05, 4.69) is 50.6 Å². The van der Waals surface area contributed by atoms with Crippen molar-refractivity contribution in [2.45, 2.75) is 67.2 Å². The molecule has 2 aromatic rings. The molecular weight excluding hydrogens is 486 g/mol. The zero-order chi connectivity index (χ0) is 28.1. The summed E-state index contributed by atoms with van der Waals surface area (Å²) >= 11 is 0. The first-order chi connectivity index (χ1) is 17.9. The van der Waals surface area contributed by atoms with Crippen LogP contribution in [0.15, 0.2) is 12.1 Å². The number of hydrogen-bond acceptors (Lipinski definition) is 7. The zero-order valence-electron chi connectivity index (χ0n) is 23.2. The number of ketones is 1. The third-order valence-electron chi connectivity index (χ3n) is 7.26. The van der Waals surface area contributed by atoms with E-state index < -0.39 is 18.0 Å². The number of rotatable bonds is 10. The Kier molecular flexibility index (Phi) is 9.27. The number of carbonyl (C=O) groups excluding carboxylic acids is 4. The van der Waals surface area contributed by atoms with Crippen LogP contribution in [0.3, 0.4) is 0 Å². The van der Waals surface area contributed by atoms with Gasteiger partial charge in [0.25, 0.3) is 0 Å². The maximum absolute atomic E-state index is 13.2. The average Bonchev–Trinajstić information content (AvgIpc) is 2.86. The summed E-state index contributed by atoms with van der Waals surface area (Å²) in [6.45, 7) is 13.7. The summed E-state index contributed by atoms with van der Waals surface area (Å²) in [5.74, 6) is 0.188. The molecule has 0 saturated carbocycles. The van der Waals surface area contributed by atoms with E-state index in [9.17, 15) is 19.2 Å². The van der Waals surface area contributed by atoms with Crippen molar-refractivity contribution in [3.63, 3.8) is 0 Å². The van der Waals surface area contributed by atoms with E-state index in [1.54, 1.807) is 19.1 Å². The number of ether oxygens (including phenoxy) is 2. The highest BCUT2D eigenvalue weighted by atomic mass is 16.5. The summed E-state index contributed by atoms with van der Waals surface area (Å²) < 4.78 is 12.4. The van der Waals surface area contributed by atoms with Crippen molar-refractivity contribution in [3.8, 4) is 11.5 Å². The predicted molar refractivity (Wildman–Crippen MR) is 144 cm³/mol. The van der Waals surface area contributed by atoms with E-state index in [1.165, 1.54) is 16.7 Å². The number of Topliss-reactive ketones (excluding diaryl/α,β-unsaturated/α-hetero) is 1. The number of benzene rings is 2. The van der Waals surface area contributed by atoms with Gasteiger partial charge in [0, 0.05) is 6.07 Å². The van der Waals surface area contributed by atoms with E-state index in [1.807, 2.05) is 6.92 Å². The van der Waals surface area contributed by atoms with E-state index in [4.69, 9.17) is 9.47 Å². The normalized spacial score (nSPS) is 15.2. The maximum Gasteiger partial charge on any atom is 0.239 e. The van der Waals surface area contributed by atoms with E-state index >= 15 is 0 Å². The fourth-order valence-electron chi connectivity index (χ4n) is 4.82. The Bertz CT molecular complexity index is 1240. The number of carbonyl (C=O) groups is 4. The maximum atomic E-state index is 13.2. The smallest absolute Gasteiger partial charge is 0.239 e. The van der Waals surface area contributed by atoms with Gasteiger partial charge in [-0.1, -0.05) is 0 Å². The number of nitrogens with one attached hydrogen (secondary N) is 3. The van der Waals surface area contributed by atoms with Crippen LogP contribution in [0, 0.1) is 41.5 Å². The second-order valence-electron chi connectivity index (χ2n) is 9.77. The van der Waals surface area contributed by atoms with Crippen LogP contribution >= 0.6 is 0 Å². The minimum Gasteiger partial charge on any atom is -0.484 e. The molecule has 9 nitrogen and oxygen atoms in total. The van der Waals surface area contributed by atoms with Gasteiger partial charge in [0.05, 0.1) is 31.6 Å². The Hall–Kier alpha value is -3.72. The van der Waals surface area contributed by atoms with Gasteiger partial charge in [-0.3, -0.25) is 19.7 Å². The first-order valence-corrected chi connectivity index (χ1v) is 12.7. The lowest BCUT2D eigenvalue weighted by Crippen LogP contribution is -2.43. The molecule has 0 aliphatic carbocycles. The van der Waals surface area contributed by atoms with Crippen LogP contribution in [0.2, 0.25) is 0 Å². The molecule has 2 amide bonds. The Balaban J connectivity index is 1.70. The van der Waals surface area contributed by atoms with Crippen molar-refractivity contribution in [1.29, 1.82) is 0 Å². The number of aldehydes is 1. The van der Waals surface area contributed by atoms with Crippen molar-refractivity contribution in [2.75, 3.05) is 19.6 Å². The van der Waals surface area contributed by atoms with Gasteiger partial charge < -0.3 is 24.9 Å². The Morgan fingerprint density at radius 3 is 2.21 bits per heavy atom. The average molecular weight is 524 g/mol. The number of aryl methyl sites for hydroxylation is 1. The molecule has 0 radical (unpaired) electrons. The lowest BCUT2D eigenvalue weighted by molar-refractivity contribution is -0.126. The van der Waals surface area contributed by atoms with E-state index in [0.29, 0.717) is 23.3 Å². The zero-order valence-corrected chi connectivity index (χ0v) is 23.2. The molecule has 0 fully saturated rings. The molecule has 3 N–H and O–H groups in total. The van der Waals surface area contributed by atoms with Gasteiger partial charge in [0.1, 0.15) is 30.1 Å². The molecule has 1 aliphatic rings. The van der Waals surface area contributed by atoms with Crippen molar-refractivity contribution < 1.29 is 28.7 Å². The molecule has 204 valence electrons. The minimum atomic E-state index is -0.538. The molecular formula is C29H37N3O6. The Morgan fingerprint density at radius 1 is 0.974 bits per heavy atom. The molecule has 0 spiro atoms. The summed E-state index contributed by atoms with van der Waals surface area (Å²) in [7, 11) is 0. The van der Waals surface area contributed by atoms with Crippen molar-refractivity contribution in [2.24, 2.45) is 0 Å². The van der Waals surface area contributed by atoms with E-state index in [0.717, 1.165) is 22.3 Å². The molecule has 2 atom stereocenters. The summed E-state index contributed by atoms with van der Waals surface area (Å²) in [4.78, 5) is 47.0. The van der Waals surface area contributed by atoms with Crippen LogP contribution < -0.4 is 25.4 Å². The van der Waals surface area contributed by atoms with Gasteiger partial charge in [-0.2, -0.15) is 0 Å². The quantitative estimate of drug-likeness (QED) is 0.323. The summed E-state index contributed by atoms with van der Waals surface area (Å²) in [5.41, 5.74) is 8.37. The first-order valence-electron chi connectivity index (χ1n) is 12.7. The molecule has 0 aromatic heterocycles. The SMILES string of the molecule is Cc1cc(OC(C)NCC(=O)NCC(=O)NCC=O)cc2c1C(=O)CC(c1c(C)c(C)c(C)c(C)c1C)O2. The van der Waals surface area contributed by atoms with Gasteiger partial charge in [-0.05, 0) is 93.5 Å². The van der Waals surface area contributed by atoms with Gasteiger partial charge in [0.15, 0.2) is 5.78 Å². The van der Waals surface area contributed by atoms with Crippen LogP contribution in [0.4, 0.5) is 0 Å². The highest BCUT2D eigenvalue weighted by Gasteiger charge is 2.32. The molecule has 1 aliphatic heterocycles. The largest absolute Gasteiger partial charge is 0.484 e. The lowest BCUT2D eigenvalue weighted by atomic mass is 9.84. The highest BCUT2D eigenvalue weighted by molar-refractivity contribution is 6.01. The van der Waals surface area contributed by atoms with E-state index in [-0.39, 0.29) is 37.9 Å². The van der Waals surface area contributed by atoms with Crippen molar-refractivity contribution in [1.82, 2.24) is 16.0 Å². The lowest BCUT2D eigenvalue weighted by Gasteiger charge is -2.31. The van der Waals surface area contributed by atoms with Crippen molar-refractivity contribution >= 4 is 23.9 Å². The topological polar surface area (TPSA) is 123 Å². The molecule has 9 heteroatoms. The van der Waals surface area contributed by atoms with Gasteiger partial charge in [-0.15, -0.1) is 0 Å². The van der Waals surface area contributed by atoms with Gasteiger partial charge in [-0.25, -0.2) is 0 Å². The Labute approximate surface area is 223 Å². The van der Waals surface area contributed by atoms with Crippen LogP contribution in [0.25, 0.3) is 0 Å². The fourth-order valence-corrected chi connectivity index (χ4v) is 4.82. The third kappa shape index (κ3) is 6.39. The van der Waals surface area contributed by atoms with Crippen LogP contribution in [0.5, 0.6) is 11.5 Å². The molecule has 3 rings (SSSR count). The number of hydrogen-bond donors (Lipinski definition) is 3. The van der Waals surface area contributed by atoms with Crippen LogP contribution in [-0.4, -0.2) is 49.7 Å². The third-order valence-corrected chi connectivity index (χ3v) is 7.26. The second kappa shape index (κ2) is 12.2. The van der Waals surface area contributed by atoms with Crippen LogP contribution in [0.1, 0.15) is 68.8 Å². The van der Waals surface area contributed by atoms with Crippen LogP contribution in [-0.2, 0) is 14.4 Å². The first kappa shape index (κ1) is 28.8. The highest BCUT2D eigenvalue weighted by Crippen LogP contribution is 2.42. The fraction of sp³-hybridized carbons (Fsp3) is 0.448. The van der Waals surface area contributed by atoms with Gasteiger partial charge in [0.2, 0.25) is 11.8 Å². The van der Waals surface area contributed by atoms with Gasteiger partial charge >= 0.3 is 0 Å². The second-order valence-corrected chi connectivity index (χ2v) is 9.77. The number of amides is 2. The molecule has 2 aromatic carbocycles. The molecule has 0 saturated heterocycles. The van der Waals surface area contributed by atoms with Crippen molar-refractivity contribution in [3.05, 3.63) is 56.6 Å². The molecule has 2 unspecified atom stereocenters. The molecule has 0 bridgehead atoms. The minimum absolute atomic E-state index is 0.0370. The molecule has 38 heavy (non-hydrogen) atoms. The Morgan fingerprint density at radius 2 is 1.58 bits per heavy atom. The summed E-state index contributed by atoms with van der Waals surface area (Å²) in [6, 6.07) is 3.51. The standard InChI is InChI=1S/C29H37N3O6/c1-15-10-22(37-21(7)31-13-27(36)32-14-26(35)30-8-9-33)11-24-28(15)23(34)12-25(38-24)29-19(5)17(3)16(2)18(4)20(29)6/h9-11,21,25,31H,8,12-14H2,1-7H3,(H,30,35)(H,32,36). The predicted octanol–water partition coefficient (Wildman–Crippen LogP) is 2.99. The summed E-state index contributed by atoms with van der Waals surface area (Å²) in [5, 5.41) is 7.75. The summed E-state index contributed by atoms with van der Waals surface area (Å²) in [6.07, 6.45) is -0.0802.